The Morgan fingerprint density at radius 2 is 2.09 bits per heavy atom. The van der Waals surface area contributed by atoms with E-state index in [0.29, 0.717) is 16.4 Å². The van der Waals surface area contributed by atoms with Crippen LogP contribution in [0.3, 0.4) is 0 Å². The van der Waals surface area contributed by atoms with E-state index < -0.39 is 10.8 Å². The molecule has 1 amide bonds. The molecular weight excluding hydrogens is 328 g/mol. The number of aromatic nitrogens is 1. The molecule has 1 aromatic heterocycles. The molecule has 23 heavy (non-hydrogen) atoms. The first-order chi connectivity index (χ1) is 11.0. The molecule has 0 aliphatic heterocycles. The highest BCUT2D eigenvalue weighted by Gasteiger charge is 2.11. The van der Waals surface area contributed by atoms with E-state index in [0.717, 1.165) is 15.8 Å². The fourth-order valence-corrected chi connectivity index (χ4v) is 3.90. The summed E-state index contributed by atoms with van der Waals surface area (Å²) in [6, 6.07) is 13.2. The van der Waals surface area contributed by atoms with Gasteiger partial charge in [0.15, 0.2) is 5.13 Å². The van der Waals surface area contributed by atoms with Gasteiger partial charge in [0.1, 0.15) is 0 Å². The van der Waals surface area contributed by atoms with Crippen molar-refractivity contribution in [2.75, 3.05) is 11.6 Å². The minimum Gasteiger partial charge on any atom is -0.298 e. The summed E-state index contributed by atoms with van der Waals surface area (Å²) in [5.74, 6) is 0.242. The highest BCUT2D eigenvalue weighted by atomic mass is 32.2. The van der Waals surface area contributed by atoms with Crippen LogP contribution in [0.2, 0.25) is 0 Å². The van der Waals surface area contributed by atoms with E-state index in [9.17, 15) is 9.00 Å². The van der Waals surface area contributed by atoms with Crippen molar-refractivity contribution in [3.63, 3.8) is 0 Å². The minimum atomic E-state index is -0.931. The predicted molar refractivity (Wildman–Crippen MR) is 96.5 cm³/mol. The van der Waals surface area contributed by atoms with Crippen molar-refractivity contribution in [1.82, 2.24) is 4.98 Å². The van der Waals surface area contributed by atoms with Crippen LogP contribution >= 0.6 is 11.3 Å². The first-order valence-electron chi connectivity index (χ1n) is 7.09. The highest BCUT2D eigenvalue weighted by Crippen LogP contribution is 2.27. The summed E-state index contributed by atoms with van der Waals surface area (Å²) in [4.78, 5) is 16.8. The van der Waals surface area contributed by atoms with E-state index in [-0.39, 0.29) is 5.91 Å². The molecule has 1 heterocycles. The van der Waals surface area contributed by atoms with Gasteiger partial charge >= 0.3 is 0 Å². The first-order valence-corrected chi connectivity index (χ1v) is 9.63. The van der Waals surface area contributed by atoms with Gasteiger partial charge in [-0.3, -0.25) is 14.3 Å². The molecule has 1 unspecified atom stereocenters. The summed E-state index contributed by atoms with van der Waals surface area (Å²) in [6.45, 7) is 2.03. The lowest BCUT2D eigenvalue weighted by molar-refractivity contribution is 0.102. The summed E-state index contributed by atoms with van der Waals surface area (Å²) in [5, 5.41) is 3.42. The number of hydrogen-bond donors (Lipinski definition) is 1. The summed E-state index contributed by atoms with van der Waals surface area (Å²) in [6.07, 6.45) is 1.65. The summed E-state index contributed by atoms with van der Waals surface area (Å²) in [5.41, 5.74) is 3.48. The number of carbonyl (C=O) groups excluding carboxylic acids is 1. The fourth-order valence-electron chi connectivity index (χ4n) is 2.29. The van der Waals surface area contributed by atoms with Gasteiger partial charge in [-0.1, -0.05) is 29.5 Å². The predicted octanol–water partition coefficient (Wildman–Crippen LogP) is 3.74. The molecule has 2 aromatic carbocycles. The van der Waals surface area contributed by atoms with E-state index in [4.69, 9.17) is 0 Å². The topological polar surface area (TPSA) is 59.1 Å². The summed E-state index contributed by atoms with van der Waals surface area (Å²) >= 11 is 1.46. The maximum atomic E-state index is 12.4. The molecule has 1 atom stereocenters. The smallest absolute Gasteiger partial charge is 0.257 e. The van der Waals surface area contributed by atoms with E-state index in [2.05, 4.69) is 16.4 Å². The Morgan fingerprint density at radius 1 is 1.26 bits per heavy atom. The van der Waals surface area contributed by atoms with Crippen LogP contribution in [-0.2, 0) is 16.6 Å². The standard InChI is InChI=1S/C17H16N2O2S2/c1-11-6-7-14-15(8-11)22-17(18-14)19-16(20)13-5-3-4-12(9-13)10-23(2)21/h3-9H,10H2,1-2H3,(H,18,19,20). The molecule has 0 spiro atoms. The molecule has 4 nitrogen and oxygen atoms in total. The molecule has 0 saturated carbocycles. The highest BCUT2D eigenvalue weighted by molar-refractivity contribution is 7.83. The van der Waals surface area contributed by atoms with Gasteiger partial charge in [0, 0.05) is 28.4 Å². The number of rotatable bonds is 4. The van der Waals surface area contributed by atoms with Crippen LogP contribution in [0, 0.1) is 6.92 Å². The number of nitrogens with zero attached hydrogens (tertiary/aromatic N) is 1. The van der Waals surface area contributed by atoms with Crippen molar-refractivity contribution < 1.29 is 9.00 Å². The summed E-state index contributed by atoms with van der Waals surface area (Å²) < 4.78 is 12.4. The van der Waals surface area contributed by atoms with Crippen molar-refractivity contribution >= 4 is 43.4 Å². The molecular formula is C17H16N2O2S2. The SMILES string of the molecule is Cc1ccc2nc(NC(=O)c3cccc(CS(C)=O)c3)sc2c1. The van der Waals surface area contributed by atoms with Crippen LogP contribution in [0.5, 0.6) is 0 Å². The molecule has 0 bridgehead atoms. The number of anilines is 1. The fraction of sp³-hybridized carbons (Fsp3) is 0.176. The second-order valence-corrected chi connectivity index (χ2v) is 7.83. The van der Waals surface area contributed by atoms with Gasteiger partial charge in [-0.15, -0.1) is 0 Å². The van der Waals surface area contributed by atoms with E-state index in [1.54, 1.807) is 24.5 Å². The lowest BCUT2D eigenvalue weighted by atomic mass is 10.1. The van der Waals surface area contributed by atoms with E-state index in [1.807, 2.05) is 25.1 Å². The molecule has 3 rings (SSSR count). The van der Waals surface area contributed by atoms with Crippen LogP contribution in [0.15, 0.2) is 42.5 Å². The van der Waals surface area contributed by atoms with Crippen molar-refractivity contribution in [1.29, 1.82) is 0 Å². The molecule has 0 fully saturated rings. The Bertz CT molecular complexity index is 902. The average molecular weight is 344 g/mol. The Kier molecular flexibility index (Phi) is 4.54. The van der Waals surface area contributed by atoms with Gasteiger partial charge in [-0.25, -0.2) is 4.98 Å². The van der Waals surface area contributed by atoms with Gasteiger partial charge in [-0.05, 0) is 42.3 Å². The van der Waals surface area contributed by atoms with Crippen molar-refractivity contribution in [2.24, 2.45) is 0 Å². The molecule has 0 aliphatic rings. The largest absolute Gasteiger partial charge is 0.298 e. The van der Waals surface area contributed by atoms with Crippen LogP contribution in [-0.4, -0.2) is 21.4 Å². The lowest BCUT2D eigenvalue weighted by Gasteiger charge is -2.04. The van der Waals surface area contributed by atoms with Gasteiger partial charge in [0.05, 0.1) is 10.2 Å². The Morgan fingerprint density at radius 3 is 2.87 bits per heavy atom. The van der Waals surface area contributed by atoms with Crippen LogP contribution in [0.1, 0.15) is 21.5 Å². The Hall–Kier alpha value is -2.05. The molecule has 0 aliphatic carbocycles. The van der Waals surface area contributed by atoms with Crippen molar-refractivity contribution in [3.8, 4) is 0 Å². The molecule has 3 aromatic rings. The number of fused-ring (bicyclic) bond motifs is 1. The zero-order valence-corrected chi connectivity index (χ0v) is 14.5. The third-order valence-electron chi connectivity index (χ3n) is 3.32. The van der Waals surface area contributed by atoms with Gasteiger partial charge in [0.25, 0.3) is 5.91 Å². The number of hydrogen-bond acceptors (Lipinski definition) is 4. The third-order valence-corrected chi connectivity index (χ3v) is 5.00. The van der Waals surface area contributed by atoms with Crippen molar-refractivity contribution in [3.05, 3.63) is 59.2 Å². The average Bonchev–Trinajstić information content (AvgIpc) is 2.88. The number of benzene rings is 2. The van der Waals surface area contributed by atoms with Crippen LogP contribution in [0.4, 0.5) is 5.13 Å². The van der Waals surface area contributed by atoms with Gasteiger partial charge < -0.3 is 0 Å². The zero-order valence-electron chi connectivity index (χ0n) is 12.8. The van der Waals surface area contributed by atoms with Crippen LogP contribution in [0.25, 0.3) is 10.2 Å². The molecule has 1 N–H and O–H groups in total. The van der Waals surface area contributed by atoms with Crippen molar-refractivity contribution in [2.45, 2.75) is 12.7 Å². The van der Waals surface area contributed by atoms with E-state index >= 15 is 0 Å². The van der Waals surface area contributed by atoms with Gasteiger partial charge in [0.2, 0.25) is 0 Å². The third kappa shape index (κ3) is 3.83. The monoisotopic (exact) mass is 344 g/mol. The second kappa shape index (κ2) is 6.60. The lowest BCUT2D eigenvalue weighted by Crippen LogP contribution is -2.12. The second-order valence-electron chi connectivity index (χ2n) is 5.36. The maximum Gasteiger partial charge on any atom is 0.257 e. The summed E-state index contributed by atoms with van der Waals surface area (Å²) in [7, 11) is -0.931. The number of amides is 1. The number of thiazole rings is 1. The van der Waals surface area contributed by atoms with Gasteiger partial charge in [-0.2, -0.15) is 0 Å². The Labute approximate surface area is 141 Å². The normalized spacial score (nSPS) is 12.3. The molecule has 6 heteroatoms. The minimum absolute atomic E-state index is 0.204. The number of aryl methyl sites for hydroxylation is 1. The molecule has 118 valence electrons. The number of carbonyl (C=O) groups is 1. The Balaban J connectivity index is 1.81. The van der Waals surface area contributed by atoms with Crippen LogP contribution < -0.4 is 5.32 Å². The molecule has 0 saturated heterocycles. The molecule has 0 radical (unpaired) electrons. The zero-order chi connectivity index (χ0) is 16.4. The van der Waals surface area contributed by atoms with E-state index in [1.165, 1.54) is 16.9 Å². The first kappa shape index (κ1) is 15.8. The maximum absolute atomic E-state index is 12.4. The quantitative estimate of drug-likeness (QED) is 0.784. The number of nitrogens with one attached hydrogen (secondary N) is 1.